The molecule has 0 spiro atoms. The van der Waals surface area contributed by atoms with Crippen molar-refractivity contribution in [1.29, 1.82) is 5.26 Å². The van der Waals surface area contributed by atoms with Gasteiger partial charge in [0.05, 0.1) is 17.1 Å². The number of hydrogen-bond acceptors (Lipinski definition) is 4. The summed E-state index contributed by atoms with van der Waals surface area (Å²) in [6, 6.07) is 5.70. The molecule has 0 amide bonds. The molecule has 0 radical (unpaired) electrons. The van der Waals surface area contributed by atoms with E-state index in [1.165, 1.54) is 0 Å². The van der Waals surface area contributed by atoms with Gasteiger partial charge in [0.15, 0.2) is 5.69 Å². The Hall–Kier alpha value is -2.35. The van der Waals surface area contributed by atoms with Crippen LogP contribution in [0.25, 0.3) is 5.69 Å². The number of nitrogens with two attached hydrogens (primary N) is 1. The van der Waals surface area contributed by atoms with Crippen LogP contribution in [-0.4, -0.2) is 14.8 Å². The normalized spacial score (nSPS) is 10.3. The Bertz CT molecular complexity index is 606. The molecule has 18 heavy (non-hydrogen) atoms. The highest BCUT2D eigenvalue weighted by atomic mass is 15.3. The molecule has 0 saturated carbocycles. The quantitative estimate of drug-likeness (QED) is 0.889. The maximum Gasteiger partial charge on any atom is 0.166 e. The zero-order valence-corrected chi connectivity index (χ0v) is 10.5. The van der Waals surface area contributed by atoms with Gasteiger partial charge < -0.3 is 5.73 Å². The molecular weight excluding hydrogens is 226 g/mol. The summed E-state index contributed by atoms with van der Waals surface area (Å²) in [6.07, 6.45) is 3.13. The van der Waals surface area contributed by atoms with Crippen LogP contribution in [-0.2, 0) is 12.8 Å². The van der Waals surface area contributed by atoms with Crippen LogP contribution in [0.4, 0.5) is 5.69 Å². The third kappa shape index (κ3) is 1.82. The first-order valence-electron chi connectivity index (χ1n) is 5.94. The lowest BCUT2D eigenvalue weighted by molar-refractivity contribution is 0.788. The molecule has 0 atom stereocenters. The second-order valence-electron chi connectivity index (χ2n) is 3.91. The standard InChI is InChI=1S/C13H15N5/c1-3-9-13(15)11(4-2)18(17-9)12-6-5-7-16-10(12)8-14/h5-7H,3-4,15H2,1-2H3. The Morgan fingerprint density at radius 1 is 1.39 bits per heavy atom. The number of nitrogens with zero attached hydrogens (tertiary/aromatic N) is 4. The predicted octanol–water partition coefficient (Wildman–Crippen LogP) is 1.85. The topological polar surface area (TPSA) is 80.5 Å². The second-order valence-corrected chi connectivity index (χ2v) is 3.91. The lowest BCUT2D eigenvalue weighted by Gasteiger charge is -2.06. The molecule has 0 unspecified atom stereocenters. The van der Waals surface area contributed by atoms with Crippen LogP contribution in [0.1, 0.15) is 30.9 Å². The molecule has 2 rings (SSSR count). The SMILES string of the molecule is CCc1nn(-c2cccnc2C#N)c(CC)c1N. The van der Waals surface area contributed by atoms with Gasteiger partial charge in [-0.05, 0) is 25.0 Å². The molecule has 0 fully saturated rings. The first kappa shape index (κ1) is 12.1. The van der Waals surface area contributed by atoms with Gasteiger partial charge in [-0.15, -0.1) is 0 Å². The van der Waals surface area contributed by atoms with E-state index in [9.17, 15) is 0 Å². The Balaban J connectivity index is 2.68. The van der Waals surface area contributed by atoms with Gasteiger partial charge in [-0.1, -0.05) is 13.8 Å². The Kier molecular flexibility index (Phi) is 3.28. The summed E-state index contributed by atoms with van der Waals surface area (Å²) in [5, 5.41) is 13.6. The molecule has 2 N–H and O–H groups in total. The molecule has 2 aromatic rings. The predicted molar refractivity (Wildman–Crippen MR) is 69.2 cm³/mol. The van der Waals surface area contributed by atoms with Gasteiger partial charge in [0, 0.05) is 6.20 Å². The number of anilines is 1. The van der Waals surface area contributed by atoms with Crippen LogP contribution >= 0.6 is 0 Å². The molecule has 5 nitrogen and oxygen atoms in total. The summed E-state index contributed by atoms with van der Waals surface area (Å²) in [5.74, 6) is 0. The lowest BCUT2D eigenvalue weighted by Crippen LogP contribution is -2.05. The highest BCUT2D eigenvalue weighted by molar-refractivity contribution is 5.54. The van der Waals surface area contributed by atoms with Crippen LogP contribution in [0.15, 0.2) is 18.3 Å². The summed E-state index contributed by atoms with van der Waals surface area (Å²) in [4.78, 5) is 4.05. The highest BCUT2D eigenvalue weighted by Gasteiger charge is 2.16. The summed E-state index contributed by atoms with van der Waals surface area (Å²) < 4.78 is 1.74. The van der Waals surface area contributed by atoms with Gasteiger partial charge in [0.25, 0.3) is 0 Å². The summed E-state index contributed by atoms with van der Waals surface area (Å²) >= 11 is 0. The zero-order chi connectivity index (χ0) is 13.1. The van der Waals surface area contributed by atoms with Crippen molar-refractivity contribution in [3.05, 3.63) is 35.4 Å². The van der Waals surface area contributed by atoms with Gasteiger partial charge in [0.1, 0.15) is 11.8 Å². The minimum absolute atomic E-state index is 0.359. The van der Waals surface area contributed by atoms with E-state index in [1.54, 1.807) is 16.9 Å². The van der Waals surface area contributed by atoms with E-state index >= 15 is 0 Å². The fourth-order valence-electron chi connectivity index (χ4n) is 1.97. The van der Waals surface area contributed by atoms with Gasteiger partial charge in [0.2, 0.25) is 0 Å². The van der Waals surface area contributed by atoms with Crippen molar-refractivity contribution in [2.75, 3.05) is 5.73 Å². The number of rotatable bonds is 3. The molecule has 0 bridgehead atoms. The minimum Gasteiger partial charge on any atom is -0.396 e. The Morgan fingerprint density at radius 3 is 2.78 bits per heavy atom. The van der Waals surface area contributed by atoms with Crippen molar-refractivity contribution in [1.82, 2.24) is 14.8 Å². The first-order valence-corrected chi connectivity index (χ1v) is 5.94. The van der Waals surface area contributed by atoms with E-state index in [-0.39, 0.29) is 0 Å². The number of aromatic nitrogens is 3. The van der Waals surface area contributed by atoms with Gasteiger partial charge in [-0.2, -0.15) is 10.4 Å². The summed E-state index contributed by atoms with van der Waals surface area (Å²) in [6.45, 7) is 4.03. The van der Waals surface area contributed by atoms with E-state index in [2.05, 4.69) is 16.2 Å². The largest absolute Gasteiger partial charge is 0.396 e. The Morgan fingerprint density at radius 2 is 2.17 bits per heavy atom. The molecule has 2 aromatic heterocycles. The molecular formula is C13H15N5. The number of nitriles is 1. The van der Waals surface area contributed by atoms with Crippen molar-refractivity contribution in [2.45, 2.75) is 26.7 Å². The number of hydrogen-bond donors (Lipinski definition) is 1. The van der Waals surface area contributed by atoms with Crippen LogP contribution < -0.4 is 5.73 Å². The molecule has 0 aromatic carbocycles. The van der Waals surface area contributed by atoms with Gasteiger partial charge in [-0.3, -0.25) is 0 Å². The van der Waals surface area contributed by atoms with Gasteiger partial charge >= 0.3 is 0 Å². The molecule has 0 aliphatic heterocycles. The summed E-state index contributed by atoms with van der Waals surface area (Å²) in [5.41, 5.74) is 9.61. The molecule has 5 heteroatoms. The summed E-state index contributed by atoms with van der Waals surface area (Å²) in [7, 11) is 0. The highest BCUT2D eigenvalue weighted by Crippen LogP contribution is 2.23. The first-order chi connectivity index (χ1) is 8.72. The van der Waals surface area contributed by atoms with Crippen molar-refractivity contribution < 1.29 is 0 Å². The smallest absolute Gasteiger partial charge is 0.166 e. The van der Waals surface area contributed by atoms with E-state index in [0.717, 1.165) is 24.2 Å². The average Bonchev–Trinajstić information content (AvgIpc) is 2.74. The third-order valence-corrected chi connectivity index (χ3v) is 2.89. The van der Waals surface area contributed by atoms with Crippen molar-refractivity contribution >= 4 is 5.69 Å². The monoisotopic (exact) mass is 241 g/mol. The molecule has 2 heterocycles. The van der Waals surface area contributed by atoms with Gasteiger partial charge in [-0.25, -0.2) is 9.67 Å². The maximum absolute atomic E-state index is 9.09. The fourth-order valence-corrected chi connectivity index (χ4v) is 1.97. The number of nitrogen functional groups attached to an aromatic ring is 1. The van der Waals surface area contributed by atoms with Crippen molar-refractivity contribution in [2.24, 2.45) is 0 Å². The van der Waals surface area contributed by atoms with Crippen LogP contribution in [0.2, 0.25) is 0 Å². The number of aryl methyl sites for hydroxylation is 1. The molecule has 92 valence electrons. The van der Waals surface area contributed by atoms with Crippen LogP contribution in [0.5, 0.6) is 0 Å². The van der Waals surface area contributed by atoms with Crippen LogP contribution in [0.3, 0.4) is 0 Å². The van der Waals surface area contributed by atoms with E-state index in [0.29, 0.717) is 17.1 Å². The molecule has 0 aliphatic rings. The lowest BCUT2D eigenvalue weighted by atomic mass is 10.2. The van der Waals surface area contributed by atoms with Crippen LogP contribution in [0, 0.1) is 11.3 Å². The minimum atomic E-state index is 0.359. The number of pyridine rings is 1. The maximum atomic E-state index is 9.09. The average molecular weight is 241 g/mol. The second kappa shape index (κ2) is 4.88. The third-order valence-electron chi connectivity index (χ3n) is 2.89. The zero-order valence-electron chi connectivity index (χ0n) is 10.5. The fraction of sp³-hybridized carbons (Fsp3) is 0.308. The Labute approximate surface area is 106 Å². The van der Waals surface area contributed by atoms with Crippen molar-refractivity contribution in [3.63, 3.8) is 0 Å². The van der Waals surface area contributed by atoms with E-state index in [1.807, 2.05) is 19.9 Å². The van der Waals surface area contributed by atoms with E-state index < -0.39 is 0 Å². The van der Waals surface area contributed by atoms with Crippen molar-refractivity contribution in [3.8, 4) is 11.8 Å². The van der Waals surface area contributed by atoms with E-state index in [4.69, 9.17) is 11.0 Å². The molecule has 0 aliphatic carbocycles. The molecule has 0 saturated heterocycles.